The van der Waals surface area contributed by atoms with Crippen LogP contribution < -0.4 is 5.32 Å². The van der Waals surface area contributed by atoms with Gasteiger partial charge in [-0.05, 0) is 57.8 Å². The number of hydrogen-bond donors (Lipinski definition) is 3. The third kappa shape index (κ3) is 51.7. The van der Waals surface area contributed by atoms with Gasteiger partial charge in [0.05, 0.1) is 25.4 Å². The van der Waals surface area contributed by atoms with Crippen LogP contribution in [0.5, 0.6) is 0 Å². The Morgan fingerprint density at radius 3 is 1.18 bits per heavy atom. The van der Waals surface area contributed by atoms with Gasteiger partial charge in [-0.3, -0.25) is 9.59 Å². The van der Waals surface area contributed by atoms with Gasteiger partial charge in [0.15, 0.2) is 0 Å². The van der Waals surface area contributed by atoms with Crippen molar-refractivity contribution in [2.45, 2.75) is 334 Å². The normalized spacial score (nSPS) is 12.7. The summed E-state index contributed by atoms with van der Waals surface area (Å²) in [6.07, 6.45) is 67.3. The van der Waals surface area contributed by atoms with E-state index in [9.17, 15) is 19.8 Å². The molecule has 2 atom stereocenters. The largest absolute Gasteiger partial charge is 0.466 e. The number of carbonyl (C=O) groups excluding carboxylic acids is 2. The van der Waals surface area contributed by atoms with E-state index in [1.807, 2.05) is 0 Å². The molecule has 0 aromatic heterocycles. The van der Waals surface area contributed by atoms with Gasteiger partial charge in [0, 0.05) is 12.8 Å². The predicted molar refractivity (Wildman–Crippen MR) is 287 cm³/mol. The molecule has 390 valence electrons. The number of hydrogen-bond acceptors (Lipinski definition) is 5. The minimum Gasteiger partial charge on any atom is -0.466 e. The summed E-state index contributed by atoms with van der Waals surface area (Å²) in [5.74, 6) is -0.0481. The first kappa shape index (κ1) is 64.3. The Morgan fingerprint density at radius 1 is 0.424 bits per heavy atom. The highest BCUT2D eigenvalue weighted by Crippen LogP contribution is 2.17. The molecule has 0 fully saturated rings. The molecule has 66 heavy (non-hydrogen) atoms. The van der Waals surface area contributed by atoms with Gasteiger partial charge in [-0.25, -0.2) is 0 Å². The molecule has 0 heterocycles. The number of rotatable bonds is 55. The smallest absolute Gasteiger partial charge is 0.305 e. The Bertz CT molecular complexity index is 1030. The first-order chi connectivity index (χ1) is 32.5. The van der Waals surface area contributed by atoms with Crippen LogP contribution in [0.1, 0.15) is 322 Å². The molecule has 0 saturated heterocycles. The molecule has 1 amide bonds. The summed E-state index contributed by atoms with van der Waals surface area (Å²) in [6, 6.07) is -0.548. The van der Waals surface area contributed by atoms with Crippen LogP contribution in [0.15, 0.2) is 24.3 Å². The third-order valence-electron chi connectivity index (χ3n) is 13.8. The van der Waals surface area contributed by atoms with E-state index >= 15 is 0 Å². The topological polar surface area (TPSA) is 95.9 Å². The molecule has 0 bridgehead atoms. The number of aliphatic hydroxyl groups is 2. The van der Waals surface area contributed by atoms with Crippen LogP contribution in [-0.4, -0.2) is 47.4 Å². The van der Waals surface area contributed by atoms with E-state index in [1.165, 1.54) is 231 Å². The van der Waals surface area contributed by atoms with Crippen molar-refractivity contribution < 1.29 is 24.5 Å². The summed E-state index contributed by atoms with van der Waals surface area (Å²) in [6.45, 7) is 4.92. The highest BCUT2D eigenvalue weighted by Gasteiger charge is 2.20. The summed E-state index contributed by atoms with van der Waals surface area (Å²) >= 11 is 0. The van der Waals surface area contributed by atoms with Crippen LogP contribution in [0.25, 0.3) is 0 Å². The third-order valence-corrected chi connectivity index (χ3v) is 13.8. The van der Waals surface area contributed by atoms with E-state index in [0.29, 0.717) is 25.9 Å². The maximum Gasteiger partial charge on any atom is 0.305 e. The van der Waals surface area contributed by atoms with Gasteiger partial charge in [0.25, 0.3) is 0 Å². The molecular formula is C60H115NO5. The zero-order valence-electron chi connectivity index (χ0n) is 44.4. The Hall–Kier alpha value is -1.66. The lowest BCUT2D eigenvalue weighted by molar-refractivity contribution is -0.143. The molecule has 0 aliphatic heterocycles. The van der Waals surface area contributed by atoms with Gasteiger partial charge >= 0.3 is 5.97 Å². The highest BCUT2D eigenvalue weighted by molar-refractivity contribution is 5.76. The molecule has 3 N–H and O–H groups in total. The minimum atomic E-state index is -0.670. The van der Waals surface area contributed by atoms with Crippen LogP contribution in [-0.2, 0) is 14.3 Å². The Balaban J connectivity index is 3.43. The number of ether oxygens (including phenoxy) is 1. The second-order valence-electron chi connectivity index (χ2n) is 20.3. The monoisotopic (exact) mass is 930 g/mol. The minimum absolute atomic E-state index is 0.00650. The second kappa shape index (κ2) is 55.9. The quantitative estimate of drug-likeness (QED) is 0.0321. The van der Waals surface area contributed by atoms with Crippen LogP contribution >= 0.6 is 0 Å². The molecule has 6 nitrogen and oxygen atoms in total. The van der Waals surface area contributed by atoms with E-state index in [1.54, 1.807) is 0 Å². The molecule has 0 aromatic rings. The van der Waals surface area contributed by atoms with Gasteiger partial charge in [-0.1, -0.05) is 276 Å². The van der Waals surface area contributed by atoms with Gasteiger partial charge < -0.3 is 20.3 Å². The van der Waals surface area contributed by atoms with E-state index in [4.69, 9.17) is 4.74 Å². The van der Waals surface area contributed by atoms with Gasteiger partial charge in [0.2, 0.25) is 5.91 Å². The van der Waals surface area contributed by atoms with E-state index in [0.717, 1.165) is 57.8 Å². The molecule has 0 aliphatic rings. The number of nitrogens with one attached hydrogen (secondary N) is 1. The lowest BCUT2D eigenvalue weighted by atomic mass is 10.0. The summed E-state index contributed by atoms with van der Waals surface area (Å²) in [5.41, 5.74) is 0. The lowest BCUT2D eigenvalue weighted by Gasteiger charge is -2.22. The molecular weight excluding hydrogens is 815 g/mol. The second-order valence-corrected chi connectivity index (χ2v) is 20.3. The van der Waals surface area contributed by atoms with Crippen molar-refractivity contribution >= 4 is 11.9 Å². The van der Waals surface area contributed by atoms with E-state index in [2.05, 4.69) is 43.5 Å². The number of unbranched alkanes of at least 4 members (excludes halogenated alkanes) is 40. The van der Waals surface area contributed by atoms with Crippen molar-refractivity contribution in [1.82, 2.24) is 5.32 Å². The maximum atomic E-state index is 12.5. The standard InChI is InChI=1S/C60H115NO5/c1-3-5-7-9-11-13-15-17-19-21-24-28-32-36-40-44-48-52-58(63)57(56-62)61-59(64)53-49-45-41-37-33-29-25-23-27-31-35-39-43-47-51-55-66-60(65)54-50-46-42-38-34-30-26-22-20-18-16-14-12-10-8-6-4-2/h12,14,18,20,57-58,62-63H,3-11,13,15-17,19,21-56H2,1-2H3,(H,61,64)/b14-12-,20-18-. The summed E-state index contributed by atoms with van der Waals surface area (Å²) in [7, 11) is 0. The maximum absolute atomic E-state index is 12.5. The number of carbonyl (C=O) groups is 2. The number of aliphatic hydroxyl groups excluding tert-OH is 2. The molecule has 2 unspecified atom stereocenters. The van der Waals surface area contributed by atoms with Crippen molar-refractivity contribution in [2.24, 2.45) is 0 Å². The molecule has 0 saturated carbocycles. The highest BCUT2D eigenvalue weighted by atomic mass is 16.5. The zero-order valence-corrected chi connectivity index (χ0v) is 44.4. The molecule has 6 heteroatoms. The fourth-order valence-electron chi connectivity index (χ4n) is 9.20. The van der Waals surface area contributed by atoms with Gasteiger partial charge in [-0.2, -0.15) is 0 Å². The van der Waals surface area contributed by atoms with E-state index in [-0.39, 0.29) is 18.5 Å². The fourth-order valence-corrected chi connectivity index (χ4v) is 9.20. The van der Waals surface area contributed by atoms with Crippen LogP contribution in [0.2, 0.25) is 0 Å². The Kier molecular flexibility index (Phi) is 54.5. The zero-order chi connectivity index (χ0) is 47.9. The summed E-state index contributed by atoms with van der Waals surface area (Å²) in [5, 5.41) is 23.3. The molecule has 0 rings (SSSR count). The van der Waals surface area contributed by atoms with Crippen molar-refractivity contribution in [3.05, 3.63) is 24.3 Å². The van der Waals surface area contributed by atoms with Crippen molar-refractivity contribution in [2.75, 3.05) is 13.2 Å². The molecule has 0 aliphatic carbocycles. The van der Waals surface area contributed by atoms with Gasteiger partial charge in [-0.15, -0.1) is 0 Å². The molecule has 0 aromatic carbocycles. The first-order valence-electron chi connectivity index (χ1n) is 29.6. The Morgan fingerprint density at radius 2 is 0.758 bits per heavy atom. The SMILES string of the molecule is CCCCC/C=C\C/C=C\CCCCCCCCCC(=O)OCCCCCCCCCCCCCCCCCC(=O)NC(CO)C(O)CCCCCCCCCCCCCCCCCCC. The first-order valence-corrected chi connectivity index (χ1v) is 29.6. The van der Waals surface area contributed by atoms with Crippen molar-refractivity contribution in [1.29, 1.82) is 0 Å². The van der Waals surface area contributed by atoms with Crippen LogP contribution in [0.3, 0.4) is 0 Å². The fraction of sp³-hybridized carbons (Fsp3) is 0.900. The molecule has 0 radical (unpaired) electrons. The predicted octanol–water partition coefficient (Wildman–Crippen LogP) is 18.2. The average molecular weight is 931 g/mol. The van der Waals surface area contributed by atoms with Crippen molar-refractivity contribution in [3.8, 4) is 0 Å². The van der Waals surface area contributed by atoms with Gasteiger partial charge in [0.1, 0.15) is 0 Å². The number of amides is 1. The lowest BCUT2D eigenvalue weighted by Crippen LogP contribution is -2.45. The van der Waals surface area contributed by atoms with Crippen molar-refractivity contribution in [3.63, 3.8) is 0 Å². The number of esters is 1. The summed E-state index contributed by atoms with van der Waals surface area (Å²) in [4.78, 5) is 24.6. The van der Waals surface area contributed by atoms with E-state index < -0.39 is 12.1 Å². The summed E-state index contributed by atoms with van der Waals surface area (Å²) < 4.78 is 5.48. The average Bonchev–Trinajstić information content (AvgIpc) is 3.32. The Labute approximate surface area is 411 Å². The van der Waals surface area contributed by atoms with Crippen LogP contribution in [0, 0.1) is 0 Å². The number of allylic oxidation sites excluding steroid dienone is 4. The van der Waals surface area contributed by atoms with Crippen LogP contribution in [0.4, 0.5) is 0 Å². The molecule has 0 spiro atoms.